The minimum Gasteiger partial charge on any atom is -0.368 e. The van der Waals surface area contributed by atoms with Gasteiger partial charge < -0.3 is 11.1 Å². The lowest BCUT2D eigenvalue weighted by atomic mass is 9.66. The number of nitrogens with two attached hydrogens (primary N) is 1. The quantitative estimate of drug-likeness (QED) is 0.477. The van der Waals surface area contributed by atoms with Crippen molar-refractivity contribution in [2.24, 2.45) is 5.73 Å². The second-order valence-corrected chi connectivity index (χ2v) is 8.51. The van der Waals surface area contributed by atoms with Crippen LogP contribution in [0.3, 0.4) is 0 Å². The Labute approximate surface area is 180 Å². The molecule has 0 radical (unpaired) electrons. The average Bonchev–Trinajstić information content (AvgIpc) is 3.18. The van der Waals surface area contributed by atoms with Gasteiger partial charge >= 0.3 is 0 Å². The van der Waals surface area contributed by atoms with Crippen LogP contribution in [0.15, 0.2) is 42.6 Å². The maximum Gasteiger partial charge on any atom is 0.267 e. The number of carbonyl (C=O) groups is 1. The van der Waals surface area contributed by atoms with E-state index in [1.54, 1.807) is 24.4 Å². The summed E-state index contributed by atoms with van der Waals surface area (Å²) in [6.45, 7) is 0.538. The number of nitrogens with one attached hydrogen (secondary N) is 1. The fraction of sp³-hybridized carbons (Fsp3) is 0.238. The molecule has 1 amide bonds. The van der Waals surface area contributed by atoms with E-state index in [2.05, 4.69) is 30.5 Å². The van der Waals surface area contributed by atoms with Crippen LogP contribution in [-0.2, 0) is 5.41 Å². The van der Waals surface area contributed by atoms with Gasteiger partial charge in [0.05, 0.1) is 5.69 Å². The van der Waals surface area contributed by atoms with Crippen LogP contribution in [0.4, 0.5) is 10.2 Å². The summed E-state index contributed by atoms with van der Waals surface area (Å²) < 4.78 is 14.3. The summed E-state index contributed by atoms with van der Waals surface area (Å²) >= 11 is 1.31. The number of hydrogen-bond donors (Lipinski definition) is 2. The fourth-order valence-electron chi connectivity index (χ4n) is 3.74. The molecule has 1 aliphatic carbocycles. The van der Waals surface area contributed by atoms with Gasteiger partial charge in [-0.05, 0) is 49.2 Å². The van der Waals surface area contributed by atoms with Crippen LogP contribution in [-0.4, -0.2) is 37.6 Å². The van der Waals surface area contributed by atoms with Gasteiger partial charge in [0, 0.05) is 18.2 Å². The first-order valence-electron chi connectivity index (χ1n) is 9.80. The number of pyridine rings is 2. The van der Waals surface area contributed by atoms with Crippen LogP contribution in [0.25, 0.3) is 21.0 Å². The minimum absolute atomic E-state index is 0.197. The van der Waals surface area contributed by atoms with Crippen LogP contribution in [0, 0.1) is 5.82 Å². The van der Waals surface area contributed by atoms with E-state index in [1.807, 2.05) is 12.1 Å². The Balaban J connectivity index is 1.33. The molecule has 0 bridgehead atoms. The van der Waals surface area contributed by atoms with Gasteiger partial charge in [-0.15, -0.1) is 10.2 Å². The Morgan fingerprint density at radius 1 is 1.16 bits per heavy atom. The molecule has 10 heteroatoms. The Morgan fingerprint density at radius 2 is 2.03 bits per heavy atom. The summed E-state index contributed by atoms with van der Waals surface area (Å²) in [7, 11) is 0. The number of anilines is 1. The number of hydrogen-bond acceptors (Lipinski definition) is 8. The maximum atomic E-state index is 14.3. The van der Waals surface area contributed by atoms with Gasteiger partial charge in [-0.25, -0.2) is 14.4 Å². The van der Waals surface area contributed by atoms with Gasteiger partial charge in [0.1, 0.15) is 38.4 Å². The molecule has 0 saturated heterocycles. The van der Waals surface area contributed by atoms with Crippen molar-refractivity contribution in [3.63, 3.8) is 0 Å². The van der Waals surface area contributed by atoms with Crippen molar-refractivity contribution in [2.45, 2.75) is 24.7 Å². The number of fused-ring (bicyclic) bond motifs is 1. The zero-order valence-electron chi connectivity index (χ0n) is 16.4. The van der Waals surface area contributed by atoms with Gasteiger partial charge in [0.15, 0.2) is 0 Å². The highest BCUT2D eigenvalue weighted by atomic mass is 32.1. The number of nitrogens with zero attached hydrogens (tertiary/aromatic N) is 5. The molecular weight excluding hydrogens is 417 g/mol. The summed E-state index contributed by atoms with van der Waals surface area (Å²) in [6.07, 6.45) is 4.44. The third kappa shape index (κ3) is 3.59. The molecular formula is C21H18FN7OS. The number of rotatable bonds is 6. The van der Waals surface area contributed by atoms with Crippen molar-refractivity contribution in [3.05, 3.63) is 59.8 Å². The second-order valence-electron chi connectivity index (χ2n) is 7.53. The van der Waals surface area contributed by atoms with Crippen LogP contribution in [0.5, 0.6) is 0 Å². The second kappa shape index (κ2) is 7.62. The number of aromatic nitrogens is 5. The van der Waals surface area contributed by atoms with Crippen LogP contribution < -0.4 is 11.1 Å². The van der Waals surface area contributed by atoms with E-state index in [0.29, 0.717) is 39.1 Å². The van der Waals surface area contributed by atoms with Gasteiger partial charge in [0.2, 0.25) is 0 Å². The summed E-state index contributed by atoms with van der Waals surface area (Å²) in [6, 6.07) is 9.95. The number of primary amides is 1. The first kappa shape index (κ1) is 19.4. The predicted molar refractivity (Wildman–Crippen MR) is 115 cm³/mol. The number of carbonyl (C=O) groups excluding carboxylic acids is 1. The molecule has 5 rings (SSSR count). The first-order chi connectivity index (χ1) is 15.0. The third-order valence-corrected chi connectivity index (χ3v) is 6.56. The van der Waals surface area contributed by atoms with E-state index in [1.165, 1.54) is 17.4 Å². The molecule has 8 nitrogen and oxygen atoms in total. The highest BCUT2D eigenvalue weighted by Gasteiger charge is 2.41. The lowest BCUT2D eigenvalue weighted by molar-refractivity contribution is 0.0996. The highest BCUT2D eigenvalue weighted by Crippen LogP contribution is 2.43. The van der Waals surface area contributed by atoms with Crippen molar-refractivity contribution >= 4 is 33.4 Å². The molecule has 4 heterocycles. The van der Waals surface area contributed by atoms with Gasteiger partial charge in [-0.1, -0.05) is 17.8 Å². The van der Waals surface area contributed by atoms with E-state index in [9.17, 15) is 9.18 Å². The lowest BCUT2D eigenvalue weighted by Gasteiger charge is -2.41. The average molecular weight is 435 g/mol. The predicted octanol–water partition coefficient (Wildman–Crippen LogP) is 3.32. The van der Waals surface area contributed by atoms with E-state index in [4.69, 9.17) is 5.73 Å². The van der Waals surface area contributed by atoms with Crippen molar-refractivity contribution in [3.8, 4) is 10.7 Å². The maximum absolute atomic E-state index is 14.3. The van der Waals surface area contributed by atoms with E-state index in [0.717, 1.165) is 19.3 Å². The molecule has 0 spiro atoms. The Kier molecular flexibility index (Phi) is 4.78. The van der Waals surface area contributed by atoms with Crippen LogP contribution >= 0.6 is 11.3 Å². The first-order valence-corrected chi connectivity index (χ1v) is 10.6. The Morgan fingerprint density at radius 3 is 2.71 bits per heavy atom. The molecule has 1 fully saturated rings. The molecule has 0 aliphatic heterocycles. The summed E-state index contributed by atoms with van der Waals surface area (Å²) in [5, 5.41) is 12.4. The van der Waals surface area contributed by atoms with E-state index >= 15 is 0 Å². The third-order valence-electron chi connectivity index (χ3n) is 5.57. The molecule has 4 aromatic rings. The van der Waals surface area contributed by atoms with Gasteiger partial charge in [-0.2, -0.15) is 0 Å². The zero-order chi connectivity index (χ0) is 21.4. The molecule has 0 aromatic carbocycles. The van der Waals surface area contributed by atoms with Crippen molar-refractivity contribution in [1.29, 1.82) is 0 Å². The molecule has 0 unspecified atom stereocenters. The van der Waals surface area contributed by atoms with E-state index < -0.39 is 5.91 Å². The molecule has 4 aromatic heterocycles. The SMILES string of the molecule is NC(=O)c1ccc2nc(-c3ccc(NCC4(c5ncccc5F)CCC4)nn3)sc2n1. The van der Waals surface area contributed by atoms with Crippen molar-refractivity contribution in [1.82, 2.24) is 25.1 Å². The van der Waals surface area contributed by atoms with Crippen LogP contribution in [0.2, 0.25) is 0 Å². The van der Waals surface area contributed by atoms with Crippen molar-refractivity contribution in [2.75, 3.05) is 11.9 Å². The highest BCUT2D eigenvalue weighted by molar-refractivity contribution is 7.21. The van der Waals surface area contributed by atoms with Gasteiger partial charge in [0.25, 0.3) is 5.91 Å². The topological polar surface area (TPSA) is 120 Å². The molecule has 156 valence electrons. The molecule has 0 atom stereocenters. The zero-order valence-corrected chi connectivity index (χ0v) is 17.2. The molecule has 3 N–H and O–H groups in total. The van der Waals surface area contributed by atoms with E-state index in [-0.39, 0.29) is 16.9 Å². The molecule has 1 saturated carbocycles. The summed E-state index contributed by atoms with van der Waals surface area (Å²) in [5.74, 6) is -0.252. The van der Waals surface area contributed by atoms with Gasteiger partial charge in [-0.3, -0.25) is 9.78 Å². The molecule has 31 heavy (non-hydrogen) atoms. The normalized spacial score (nSPS) is 14.9. The summed E-state index contributed by atoms with van der Waals surface area (Å²) in [5.41, 5.74) is 6.94. The fourth-order valence-corrected chi connectivity index (χ4v) is 4.64. The largest absolute Gasteiger partial charge is 0.368 e. The smallest absolute Gasteiger partial charge is 0.267 e. The monoisotopic (exact) mass is 435 g/mol. The minimum atomic E-state index is -0.582. The lowest BCUT2D eigenvalue weighted by Crippen LogP contribution is -2.42. The van der Waals surface area contributed by atoms with Crippen molar-refractivity contribution < 1.29 is 9.18 Å². The molecule has 1 aliphatic rings. The standard InChI is InChI=1S/C21H18FN7OS/c22-12-3-1-10-24-17(12)21(8-2-9-21)11-25-16-7-6-15(28-29-16)20-27-14-5-4-13(18(23)30)26-19(14)31-20/h1,3-7,10H,2,8-9,11H2,(H2,23,30)(H,25,29). The van der Waals surface area contributed by atoms with Crippen LogP contribution in [0.1, 0.15) is 35.4 Å². The number of amides is 1. The number of halogens is 1. The number of thiazole rings is 1. The Hall–Kier alpha value is -3.53. The summed E-state index contributed by atoms with van der Waals surface area (Å²) in [4.78, 5) is 24.9. The Bertz CT molecular complexity index is 1270.